The van der Waals surface area contributed by atoms with Crippen molar-refractivity contribution >= 4 is 59.2 Å². The number of unbranched alkanes of at least 4 members (excludes halogenated alkanes) is 10. The monoisotopic (exact) mass is 390 g/mol. The van der Waals surface area contributed by atoms with Crippen LogP contribution in [-0.4, -0.2) is 67.8 Å². The van der Waals surface area contributed by atoms with E-state index in [-0.39, 0.29) is 58.0 Å². The van der Waals surface area contributed by atoms with Crippen LogP contribution < -0.4 is 0 Å². The maximum absolute atomic E-state index is 10.9. The molecule has 6 heteroatoms. The van der Waals surface area contributed by atoms with Crippen molar-refractivity contribution in [3.05, 3.63) is 0 Å². The number of phosphoric ester groups is 1. The quantitative estimate of drug-likeness (QED) is 0.194. The molecule has 0 aliphatic carbocycles. The topological polar surface area (TPSA) is 66.8 Å². The Balaban J connectivity index is 0. The van der Waals surface area contributed by atoms with E-state index < -0.39 is 7.82 Å². The van der Waals surface area contributed by atoms with E-state index in [1.807, 2.05) is 0 Å². The molecule has 0 amide bonds. The fourth-order valence-electron chi connectivity index (χ4n) is 2.94. The van der Waals surface area contributed by atoms with Gasteiger partial charge in [-0.15, -0.1) is 0 Å². The summed E-state index contributed by atoms with van der Waals surface area (Å²) in [4.78, 5) is 17.8. The third kappa shape index (κ3) is 21.8. The van der Waals surface area contributed by atoms with Crippen LogP contribution in [0.25, 0.3) is 0 Å². The average Bonchev–Trinajstić information content (AvgIpc) is 2.49. The standard InChI is InChI=1S/C18H39O4P.K.H/c1-3-5-7-9-10-12-14-16-18(17-22-23(19,20)21)15-13-11-8-6-4-2;;/h18H,3-17H2,1-2H3,(H2,19,20,21);;. The van der Waals surface area contributed by atoms with Crippen molar-refractivity contribution in [3.63, 3.8) is 0 Å². The van der Waals surface area contributed by atoms with Crippen molar-refractivity contribution in [2.24, 2.45) is 5.92 Å². The summed E-state index contributed by atoms with van der Waals surface area (Å²) in [5.74, 6) is 0.292. The summed E-state index contributed by atoms with van der Waals surface area (Å²) in [5, 5.41) is 0. The van der Waals surface area contributed by atoms with Gasteiger partial charge in [-0.25, -0.2) is 4.57 Å². The zero-order valence-corrected chi connectivity index (χ0v) is 16.2. The number of rotatable bonds is 17. The Labute approximate surface area is 192 Å². The number of hydrogen-bond donors (Lipinski definition) is 2. The summed E-state index contributed by atoms with van der Waals surface area (Å²) < 4.78 is 15.6. The molecule has 0 aliphatic rings. The molecule has 0 rings (SSSR count). The van der Waals surface area contributed by atoms with Crippen molar-refractivity contribution in [2.75, 3.05) is 6.61 Å². The molecule has 1 unspecified atom stereocenters. The van der Waals surface area contributed by atoms with Gasteiger partial charge >= 0.3 is 59.2 Å². The first-order valence-electron chi connectivity index (χ1n) is 9.69. The Bertz CT molecular complexity index is 297. The van der Waals surface area contributed by atoms with Gasteiger partial charge in [-0.05, 0) is 18.8 Å². The number of hydrogen-bond acceptors (Lipinski definition) is 2. The fraction of sp³-hybridized carbons (Fsp3) is 1.00. The van der Waals surface area contributed by atoms with Gasteiger partial charge in [0, 0.05) is 0 Å². The van der Waals surface area contributed by atoms with Gasteiger partial charge in [-0.1, -0.05) is 90.9 Å². The second-order valence-electron chi connectivity index (χ2n) is 6.77. The van der Waals surface area contributed by atoms with E-state index in [1.165, 1.54) is 64.2 Å². The molecule has 0 fully saturated rings. The van der Waals surface area contributed by atoms with Crippen LogP contribution in [0.3, 0.4) is 0 Å². The molecular weight excluding hydrogens is 350 g/mol. The molecule has 0 heterocycles. The van der Waals surface area contributed by atoms with Gasteiger partial charge in [0.2, 0.25) is 0 Å². The van der Waals surface area contributed by atoms with Crippen molar-refractivity contribution < 1.29 is 18.9 Å². The van der Waals surface area contributed by atoms with Gasteiger partial charge in [0.15, 0.2) is 0 Å². The molecule has 0 spiro atoms. The molecule has 24 heavy (non-hydrogen) atoms. The zero-order valence-electron chi connectivity index (χ0n) is 15.3. The first kappa shape index (κ1) is 28.0. The summed E-state index contributed by atoms with van der Waals surface area (Å²) in [6.07, 6.45) is 17.1. The molecule has 142 valence electrons. The summed E-state index contributed by atoms with van der Waals surface area (Å²) in [5.41, 5.74) is 0. The predicted molar refractivity (Wildman–Crippen MR) is 105 cm³/mol. The fourth-order valence-corrected chi connectivity index (χ4v) is 3.35. The van der Waals surface area contributed by atoms with Crippen molar-refractivity contribution in [3.8, 4) is 0 Å². The van der Waals surface area contributed by atoms with Gasteiger partial charge in [0.25, 0.3) is 0 Å². The van der Waals surface area contributed by atoms with E-state index in [0.717, 1.165) is 25.7 Å². The van der Waals surface area contributed by atoms with Crippen LogP contribution in [0.1, 0.15) is 104 Å². The van der Waals surface area contributed by atoms with Crippen molar-refractivity contribution in [1.29, 1.82) is 0 Å². The van der Waals surface area contributed by atoms with Crippen LogP contribution in [0.15, 0.2) is 0 Å². The molecule has 0 saturated carbocycles. The van der Waals surface area contributed by atoms with Crippen molar-refractivity contribution in [2.45, 2.75) is 104 Å². The first-order chi connectivity index (χ1) is 11.0. The SMILES string of the molecule is CCCCCCCCCC(CCCCCCC)COP(=O)(O)O.[KH]. The van der Waals surface area contributed by atoms with Crippen LogP contribution in [-0.2, 0) is 9.09 Å². The van der Waals surface area contributed by atoms with Crippen LogP contribution in [0.2, 0.25) is 0 Å². The predicted octanol–water partition coefficient (Wildman–Crippen LogP) is 5.56. The van der Waals surface area contributed by atoms with Gasteiger partial charge < -0.3 is 9.79 Å². The maximum atomic E-state index is 10.9. The Morgan fingerprint density at radius 1 is 0.750 bits per heavy atom. The molecule has 4 nitrogen and oxygen atoms in total. The third-order valence-corrected chi connectivity index (χ3v) is 4.90. The molecule has 0 radical (unpaired) electrons. The minimum absolute atomic E-state index is 0. The minimum atomic E-state index is -4.33. The van der Waals surface area contributed by atoms with Crippen LogP contribution in [0.5, 0.6) is 0 Å². The van der Waals surface area contributed by atoms with Gasteiger partial charge in [0.05, 0.1) is 6.61 Å². The molecular formula is C18H40KO4P. The van der Waals surface area contributed by atoms with E-state index in [1.54, 1.807) is 0 Å². The second-order valence-corrected chi connectivity index (χ2v) is 8.00. The summed E-state index contributed by atoms with van der Waals surface area (Å²) in [6, 6.07) is 0. The van der Waals surface area contributed by atoms with Crippen LogP contribution >= 0.6 is 7.82 Å². The van der Waals surface area contributed by atoms with E-state index in [2.05, 4.69) is 13.8 Å². The Morgan fingerprint density at radius 2 is 1.12 bits per heavy atom. The molecule has 1 atom stereocenters. The molecule has 0 aromatic carbocycles. The normalized spacial score (nSPS) is 12.8. The van der Waals surface area contributed by atoms with E-state index in [4.69, 9.17) is 14.3 Å². The second kappa shape index (κ2) is 19.5. The number of phosphoric acid groups is 1. The summed E-state index contributed by atoms with van der Waals surface area (Å²) >= 11 is 0. The summed E-state index contributed by atoms with van der Waals surface area (Å²) in [6.45, 7) is 4.64. The van der Waals surface area contributed by atoms with Gasteiger partial charge in [0.1, 0.15) is 0 Å². The molecule has 0 aromatic rings. The zero-order chi connectivity index (χ0) is 17.4. The van der Waals surface area contributed by atoms with Gasteiger partial charge in [-0.2, -0.15) is 0 Å². The third-order valence-electron chi connectivity index (χ3n) is 4.41. The molecule has 0 aliphatic heterocycles. The Hall–Kier alpha value is 1.75. The Kier molecular flexibility index (Phi) is 22.7. The van der Waals surface area contributed by atoms with Crippen molar-refractivity contribution in [1.82, 2.24) is 0 Å². The van der Waals surface area contributed by atoms with Crippen LogP contribution in [0.4, 0.5) is 0 Å². The summed E-state index contributed by atoms with van der Waals surface area (Å²) in [7, 11) is -4.33. The molecule has 0 aromatic heterocycles. The molecule has 0 bridgehead atoms. The van der Waals surface area contributed by atoms with E-state index >= 15 is 0 Å². The molecule has 2 N–H and O–H groups in total. The van der Waals surface area contributed by atoms with Crippen LogP contribution in [0, 0.1) is 5.92 Å². The molecule has 0 saturated heterocycles. The first-order valence-corrected chi connectivity index (χ1v) is 11.2. The van der Waals surface area contributed by atoms with E-state index in [0.29, 0.717) is 5.92 Å². The van der Waals surface area contributed by atoms with E-state index in [9.17, 15) is 4.57 Å². The average molecular weight is 391 g/mol. The van der Waals surface area contributed by atoms with Gasteiger partial charge in [-0.3, -0.25) is 4.52 Å². The Morgan fingerprint density at radius 3 is 1.50 bits per heavy atom.